The van der Waals surface area contributed by atoms with Gasteiger partial charge in [-0.25, -0.2) is 4.79 Å². The quantitative estimate of drug-likeness (QED) is 0.667. The van der Waals surface area contributed by atoms with E-state index in [4.69, 9.17) is 9.47 Å². The van der Waals surface area contributed by atoms with Crippen molar-refractivity contribution in [2.45, 2.75) is 52.4 Å². The minimum Gasteiger partial charge on any atom is -0.484 e. The number of anilines is 1. The van der Waals surface area contributed by atoms with Gasteiger partial charge >= 0.3 is 5.97 Å². The van der Waals surface area contributed by atoms with Gasteiger partial charge in [-0.2, -0.15) is 0 Å². The fourth-order valence-corrected chi connectivity index (χ4v) is 4.90. The van der Waals surface area contributed by atoms with E-state index in [2.05, 4.69) is 19.2 Å². The smallest absolute Gasteiger partial charge is 0.341 e. The largest absolute Gasteiger partial charge is 0.484 e. The van der Waals surface area contributed by atoms with Crippen molar-refractivity contribution >= 4 is 28.2 Å². The van der Waals surface area contributed by atoms with Crippen molar-refractivity contribution in [3.63, 3.8) is 0 Å². The number of carbonyl (C=O) groups excluding carboxylic acids is 2. The number of ether oxygens (including phenoxy) is 2. The molecule has 1 atom stereocenters. The zero-order chi connectivity index (χ0) is 20.1. The fourth-order valence-electron chi connectivity index (χ4n) is 3.54. The van der Waals surface area contributed by atoms with Gasteiger partial charge < -0.3 is 14.8 Å². The molecule has 1 aliphatic carbocycles. The summed E-state index contributed by atoms with van der Waals surface area (Å²) in [5.74, 6) is 0.298. The van der Waals surface area contributed by atoms with Gasteiger partial charge in [-0.1, -0.05) is 26.0 Å². The van der Waals surface area contributed by atoms with E-state index >= 15 is 0 Å². The average molecular weight is 402 g/mol. The van der Waals surface area contributed by atoms with Gasteiger partial charge in [0.1, 0.15) is 10.8 Å². The first kappa shape index (κ1) is 20.4. The van der Waals surface area contributed by atoms with Gasteiger partial charge in [-0.3, -0.25) is 4.79 Å². The number of fused-ring (bicyclic) bond motifs is 1. The van der Waals surface area contributed by atoms with Crippen molar-refractivity contribution in [3.05, 3.63) is 45.8 Å². The van der Waals surface area contributed by atoms with Gasteiger partial charge in [-0.15, -0.1) is 11.3 Å². The van der Waals surface area contributed by atoms with Crippen LogP contribution in [0.4, 0.5) is 5.00 Å². The predicted octanol–water partition coefficient (Wildman–Crippen LogP) is 4.94. The molecule has 150 valence electrons. The molecule has 0 spiro atoms. The highest BCUT2D eigenvalue weighted by Gasteiger charge is 2.30. The average Bonchev–Trinajstić information content (AvgIpc) is 3.06. The highest BCUT2D eigenvalue weighted by atomic mass is 32.1. The summed E-state index contributed by atoms with van der Waals surface area (Å²) in [6.07, 6.45) is 4.04. The standard InChI is InChI=1S/C22H27NO4S/c1-4-15-9-11-16(12-10-15)27-13-18(24)23-21-20(22(25)26-5-2)19-14(3)7-6-8-17(19)28-21/h9-12,14H,4-8,13H2,1-3H3,(H,23,24). The predicted molar refractivity (Wildman–Crippen MR) is 112 cm³/mol. The summed E-state index contributed by atoms with van der Waals surface area (Å²) in [4.78, 5) is 26.2. The van der Waals surface area contributed by atoms with Crippen molar-refractivity contribution in [2.75, 3.05) is 18.5 Å². The molecule has 1 aromatic heterocycles. The Morgan fingerprint density at radius 3 is 2.64 bits per heavy atom. The second kappa shape index (κ2) is 9.24. The van der Waals surface area contributed by atoms with E-state index in [1.54, 1.807) is 6.92 Å². The number of hydrogen-bond acceptors (Lipinski definition) is 5. The van der Waals surface area contributed by atoms with Crippen LogP contribution >= 0.6 is 11.3 Å². The van der Waals surface area contributed by atoms with Gasteiger partial charge in [0, 0.05) is 4.88 Å². The van der Waals surface area contributed by atoms with Gasteiger partial charge in [0.2, 0.25) is 0 Å². The molecule has 0 saturated heterocycles. The monoisotopic (exact) mass is 401 g/mol. The Hall–Kier alpha value is -2.34. The molecule has 0 bridgehead atoms. The maximum Gasteiger partial charge on any atom is 0.341 e. The van der Waals surface area contributed by atoms with Crippen molar-refractivity contribution < 1.29 is 19.1 Å². The maximum atomic E-state index is 12.6. The Bertz CT molecular complexity index is 841. The number of hydrogen-bond donors (Lipinski definition) is 1. The highest BCUT2D eigenvalue weighted by molar-refractivity contribution is 7.17. The lowest BCUT2D eigenvalue weighted by atomic mass is 9.86. The summed E-state index contributed by atoms with van der Waals surface area (Å²) in [7, 11) is 0. The second-order valence-corrected chi connectivity index (χ2v) is 8.10. The van der Waals surface area contributed by atoms with Crippen LogP contribution in [-0.4, -0.2) is 25.1 Å². The van der Waals surface area contributed by atoms with Gasteiger partial charge in [0.25, 0.3) is 5.91 Å². The number of carbonyl (C=O) groups is 2. The van der Waals surface area contributed by atoms with Crippen molar-refractivity contribution in [2.24, 2.45) is 0 Å². The molecule has 2 aromatic rings. The Morgan fingerprint density at radius 1 is 1.21 bits per heavy atom. The van der Waals surface area contributed by atoms with Crippen molar-refractivity contribution in [1.29, 1.82) is 0 Å². The molecule has 0 fully saturated rings. The molecule has 5 nitrogen and oxygen atoms in total. The molecule has 0 aliphatic heterocycles. The Labute approximate surface area is 170 Å². The van der Waals surface area contributed by atoms with E-state index in [1.165, 1.54) is 21.8 Å². The zero-order valence-electron chi connectivity index (χ0n) is 16.7. The Kier molecular flexibility index (Phi) is 6.73. The van der Waals surface area contributed by atoms with Crippen molar-refractivity contribution in [3.8, 4) is 5.75 Å². The molecular weight excluding hydrogens is 374 g/mol. The van der Waals surface area contributed by atoms with Crippen LogP contribution in [-0.2, 0) is 22.4 Å². The normalized spacial score (nSPS) is 15.6. The van der Waals surface area contributed by atoms with E-state index < -0.39 is 0 Å². The third kappa shape index (κ3) is 4.55. The molecule has 1 N–H and O–H groups in total. The number of thiophene rings is 1. The lowest BCUT2D eigenvalue weighted by Crippen LogP contribution is -2.21. The Balaban J connectivity index is 1.73. The van der Waals surface area contributed by atoms with E-state index in [-0.39, 0.29) is 18.5 Å². The SMILES string of the molecule is CCOC(=O)c1c(NC(=O)COc2ccc(CC)cc2)sc2c1C(C)CCC2. The van der Waals surface area contributed by atoms with Crippen LogP contribution in [0, 0.1) is 0 Å². The van der Waals surface area contributed by atoms with Gasteiger partial charge in [0.05, 0.1) is 12.2 Å². The second-order valence-electron chi connectivity index (χ2n) is 6.99. The zero-order valence-corrected chi connectivity index (χ0v) is 17.5. The number of rotatable bonds is 7. The molecule has 0 saturated carbocycles. The summed E-state index contributed by atoms with van der Waals surface area (Å²) in [6, 6.07) is 7.70. The topological polar surface area (TPSA) is 64.6 Å². The number of nitrogens with one attached hydrogen (secondary N) is 1. The molecule has 1 heterocycles. The van der Waals surface area contributed by atoms with Crippen molar-refractivity contribution in [1.82, 2.24) is 0 Å². The van der Waals surface area contributed by atoms with Gasteiger partial charge in [-0.05, 0) is 61.8 Å². The molecule has 1 amide bonds. The van der Waals surface area contributed by atoms with Crippen LogP contribution in [0.2, 0.25) is 0 Å². The van der Waals surface area contributed by atoms with E-state index in [0.717, 1.165) is 31.2 Å². The van der Waals surface area contributed by atoms with Crippen LogP contribution in [0.1, 0.15) is 65.9 Å². The van der Waals surface area contributed by atoms with E-state index in [1.807, 2.05) is 24.3 Å². The van der Waals surface area contributed by atoms with Crippen LogP contribution in [0.15, 0.2) is 24.3 Å². The highest BCUT2D eigenvalue weighted by Crippen LogP contribution is 2.43. The number of esters is 1. The van der Waals surface area contributed by atoms with E-state index in [9.17, 15) is 9.59 Å². The number of benzene rings is 1. The number of amides is 1. The maximum absolute atomic E-state index is 12.6. The van der Waals surface area contributed by atoms with E-state index in [0.29, 0.717) is 28.8 Å². The van der Waals surface area contributed by atoms with Crippen LogP contribution in [0.5, 0.6) is 5.75 Å². The fraction of sp³-hybridized carbons (Fsp3) is 0.455. The summed E-state index contributed by atoms with van der Waals surface area (Å²) in [5.41, 5.74) is 2.78. The summed E-state index contributed by atoms with van der Waals surface area (Å²) in [6.45, 7) is 6.21. The molecule has 1 unspecified atom stereocenters. The summed E-state index contributed by atoms with van der Waals surface area (Å²) < 4.78 is 10.8. The van der Waals surface area contributed by atoms with Crippen LogP contribution in [0.25, 0.3) is 0 Å². The first-order chi connectivity index (χ1) is 13.5. The number of aryl methyl sites for hydroxylation is 2. The first-order valence-corrected chi connectivity index (χ1v) is 10.7. The molecule has 3 rings (SSSR count). The Morgan fingerprint density at radius 2 is 1.96 bits per heavy atom. The molecule has 0 radical (unpaired) electrons. The minimum atomic E-state index is -0.361. The first-order valence-electron chi connectivity index (χ1n) is 9.87. The lowest BCUT2D eigenvalue weighted by Gasteiger charge is -2.19. The van der Waals surface area contributed by atoms with Crippen LogP contribution < -0.4 is 10.1 Å². The summed E-state index contributed by atoms with van der Waals surface area (Å²) in [5, 5.41) is 3.45. The summed E-state index contributed by atoms with van der Waals surface area (Å²) >= 11 is 1.49. The molecular formula is C22H27NO4S. The third-order valence-corrected chi connectivity index (χ3v) is 6.17. The van der Waals surface area contributed by atoms with Crippen LogP contribution in [0.3, 0.4) is 0 Å². The minimum absolute atomic E-state index is 0.105. The molecule has 6 heteroatoms. The molecule has 1 aliphatic rings. The molecule has 28 heavy (non-hydrogen) atoms. The molecule has 1 aromatic carbocycles. The third-order valence-electron chi connectivity index (χ3n) is 4.99. The lowest BCUT2D eigenvalue weighted by molar-refractivity contribution is -0.118. The van der Waals surface area contributed by atoms with Gasteiger partial charge in [0.15, 0.2) is 6.61 Å².